The molecule has 1 heterocycles. The van der Waals surface area contributed by atoms with Crippen molar-refractivity contribution in [2.24, 2.45) is 0 Å². The molecule has 1 aromatic heterocycles. The van der Waals surface area contributed by atoms with Gasteiger partial charge in [0.15, 0.2) is 0 Å². The lowest BCUT2D eigenvalue weighted by Gasteiger charge is -2.02. The van der Waals surface area contributed by atoms with Gasteiger partial charge in [0.05, 0.1) is 0 Å². The molecule has 2 aromatic rings. The first-order chi connectivity index (χ1) is 6.76. The molecule has 0 spiro atoms. The van der Waals surface area contributed by atoms with Crippen LogP contribution in [0.1, 0.15) is 5.56 Å². The molecule has 0 radical (unpaired) electrons. The second-order valence-corrected chi connectivity index (χ2v) is 5.72. The number of thiophene rings is 1. The summed E-state index contributed by atoms with van der Waals surface area (Å²) in [7, 11) is 0. The van der Waals surface area contributed by atoms with E-state index in [4.69, 9.17) is 0 Å². The van der Waals surface area contributed by atoms with Crippen molar-refractivity contribution in [2.45, 2.75) is 15.1 Å². The first kappa shape index (κ1) is 10.9. The van der Waals surface area contributed by atoms with Crippen LogP contribution in [0.3, 0.4) is 0 Å². The van der Waals surface area contributed by atoms with Crippen molar-refractivity contribution in [1.82, 2.24) is 0 Å². The number of alkyl halides is 1. The van der Waals surface area contributed by atoms with Gasteiger partial charge in [-0.15, -0.1) is 35.7 Å². The fourth-order valence-corrected chi connectivity index (χ4v) is 4.22. The fraction of sp³-hybridized carbons (Fsp3) is 0.200. The average Bonchev–Trinajstić information content (AvgIpc) is 2.58. The number of benzene rings is 1. The van der Waals surface area contributed by atoms with E-state index in [1.54, 1.807) is 23.1 Å². The van der Waals surface area contributed by atoms with E-state index in [1.807, 2.05) is 0 Å². The molecule has 0 aliphatic carbocycles. The summed E-state index contributed by atoms with van der Waals surface area (Å²) in [5.74, 6) is 0. The van der Waals surface area contributed by atoms with Gasteiger partial charge in [-0.1, -0.05) is 15.9 Å². The van der Waals surface area contributed by atoms with Gasteiger partial charge in [-0.05, 0) is 24.0 Å². The number of thioether (sulfide) groups is 1. The number of hydrogen-bond acceptors (Lipinski definition) is 3. The van der Waals surface area contributed by atoms with Crippen LogP contribution in [0.15, 0.2) is 27.3 Å². The Labute approximate surface area is 106 Å². The van der Waals surface area contributed by atoms with Crippen molar-refractivity contribution in [3.63, 3.8) is 0 Å². The lowest BCUT2D eigenvalue weighted by atomic mass is 10.2. The van der Waals surface area contributed by atoms with Gasteiger partial charge in [-0.3, -0.25) is 0 Å². The Morgan fingerprint density at radius 2 is 2.29 bits per heavy atom. The zero-order chi connectivity index (χ0) is 10.1. The van der Waals surface area contributed by atoms with Crippen LogP contribution in [-0.2, 0) is 5.33 Å². The summed E-state index contributed by atoms with van der Waals surface area (Å²) in [6.45, 7) is 0. The van der Waals surface area contributed by atoms with Gasteiger partial charge in [0.1, 0.15) is 0 Å². The molecule has 4 heteroatoms. The molecule has 14 heavy (non-hydrogen) atoms. The van der Waals surface area contributed by atoms with Crippen LogP contribution in [0.2, 0.25) is 0 Å². The van der Waals surface area contributed by atoms with E-state index in [-0.39, 0.29) is 0 Å². The summed E-state index contributed by atoms with van der Waals surface area (Å²) < 4.78 is 1.32. The number of rotatable bonds is 2. The van der Waals surface area contributed by atoms with Gasteiger partial charge < -0.3 is 0 Å². The fourth-order valence-electron chi connectivity index (χ4n) is 1.35. The summed E-state index contributed by atoms with van der Waals surface area (Å²) in [6.07, 6.45) is 2.11. The first-order valence-electron chi connectivity index (χ1n) is 4.09. The maximum absolute atomic E-state index is 4.46. The Morgan fingerprint density at radius 1 is 1.50 bits per heavy atom. The van der Waals surface area contributed by atoms with Crippen LogP contribution in [0.25, 0.3) is 10.1 Å². The second-order valence-electron chi connectivity index (χ2n) is 2.91. The number of hydrogen-bond donors (Lipinski definition) is 1. The van der Waals surface area contributed by atoms with Crippen molar-refractivity contribution in [1.29, 1.82) is 0 Å². The first-order valence-corrected chi connectivity index (χ1v) is 7.76. The minimum atomic E-state index is 0.867. The van der Waals surface area contributed by atoms with E-state index in [9.17, 15) is 0 Å². The highest BCUT2D eigenvalue weighted by Crippen LogP contribution is 2.35. The van der Waals surface area contributed by atoms with E-state index < -0.39 is 0 Å². The molecule has 0 amide bonds. The molecule has 0 N–H and O–H groups in total. The monoisotopic (exact) mass is 304 g/mol. The molecule has 0 bridgehead atoms. The Morgan fingerprint density at radius 3 is 2.93 bits per heavy atom. The highest BCUT2D eigenvalue weighted by Gasteiger charge is 2.06. The van der Waals surface area contributed by atoms with E-state index in [1.165, 1.54) is 20.5 Å². The quantitative estimate of drug-likeness (QED) is 0.472. The van der Waals surface area contributed by atoms with Crippen molar-refractivity contribution in [3.8, 4) is 0 Å². The summed E-state index contributed by atoms with van der Waals surface area (Å²) in [5.41, 5.74) is 1.26. The van der Waals surface area contributed by atoms with Gasteiger partial charge in [-0.2, -0.15) is 0 Å². The van der Waals surface area contributed by atoms with E-state index >= 15 is 0 Å². The summed E-state index contributed by atoms with van der Waals surface area (Å²) in [6, 6.07) is 4.38. The number of halogens is 1. The molecule has 0 atom stereocenters. The van der Waals surface area contributed by atoms with Gasteiger partial charge >= 0.3 is 0 Å². The molecule has 0 saturated heterocycles. The molecule has 0 fully saturated rings. The van der Waals surface area contributed by atoms with E-state index in [0.717, 1.165) is 10.2 Å². The summed E-state index contributed by atoms with van der Waals surface area (Å²) in [5, 5.41) is 4.43. The third-order valence-corrected chi connectivity index (χ3v) is 5.00. The third kappa shape index (κ3) is 1.85. The third-order valence-electron chi connectivity index (χ3n) is 2.10. The highest BCUT2D eigenvalue weighted by atomic mass is 79.9. The smallest absolute Gasteiger partial charge is 0.0365 e. The normalized spacial score (nSPS) is 11.1. The van der Waals surface area contributed by atoms with Gasteiger partial charge in [0.25, 0.3) is 0 Å². The summed E-state index contributed by atoms with van der Waals surface area (Å²) in [4.78, 5) is 2.43. The topological polar surface area (TPSA) is 0 Å². The molecule has 74 valence electrons. The largest absolute Gasteiger partial charge is 0.143 e. The van der Waals surface area contributed by atoms with Crippen LogP contribution in [0, 0.1) is 0 Å². The molecule has 0 nitrogen and oxygen atoms in total. The average molecular weight is 305 g/mol. The van der Waals surface area contributed by atoms with Gasteiger partial charge in [0, 0.05) is 30.6 Å². The van der Waals surface area contributed by atoms with E-state index in [0.29, 0.717) is 0 Å². The highest BCUT2D eigenvalue weighted by molar-refractivity contribution is 9.08. The predicted octanol–water partition coefficient (Wildman–Crippen LogP) is 4.81. The van der Waals surface area contributed by atoms with Crippen LogP contribution in [0.4, 0.5) is 0 Å². The SMILES string of the molecule is CSc1csc2cc(S)c(CBr)cc12. The van der Waals surface area contributed by atoms with Crippen molar-refractivity contribution < 1.29 is 0 Å². The zero-order valence-electron chi connectivity index (χ0n) is 7.58. The molecule has 0 unspecified atom stereocenters. The maximum atomic E-state index is 4.46. The molecular formula is C10H9BrS3. The Kier molecular flexibility index (Phi) is 3.47. The van der Waals surface area contributed by atoms with Gasteiger partial charge in [-0.25, -0.2) is 0 Å². The van der Waals surface area contributed by atoms with Crippen LogP contribution in [0.5, 0.6) is 0 Å². The molecule has 2 rings (SSSR count). The minimum Gasteiger partial charge on any atom is -0.143 e. The Bertz CT molecular complexity index is 462. The predicted molar refractivity (Wildman–Crippen MR) is 73.5 cm³/mol. The van der Waals surface area contributed by atoms with Crippen LogP contribution < -0.4 is 0 Å². The second kappa shape index (κ2) is 4.47. The van der Waals surface area contributed by atoms with Crippen molar-refractivity contribution in [2.75, 3.05) is 6.26 Å². The molecule has 0 aliphatic heterocycles. The Balaban J connectivity index is 2.70. The molecular weight excluding hydrogens is 296 g/mol. The van der Waals surface area contributed by atoms with Crippen molar-refractivity contribution in [3.05, 3.63) is 23.1 Å². The minimum absolute atomic E-state index is 0.867. The zero-order valence-corrected chi connectivity index (χ0v) is 11.7. The van der Waals surface area contributed by atoms with Crippen molar-refractivity contribution >= 4 is 61.7 Å². The lowest BCUT2D eigenvalue weighted by molar-refractivity contribution is 1.31. The van der Waals surface area contributed by atoms with Crippen LogP contribution in [-0.4, -0.2) is 6.26 Å². The standard InChI is InChI=1S/C10H9BrS3/c1-13-10-5-14-9-3-8(12)6(4-11)2-7(9)10/h2-3,5,12H,4H2,1H3. The molecule has 1 aromatic carbocycles. The number of fused-ring (bicyclic) bond motifs is 1. The molecule has 0 saturated carbocycles. The number of thiol groups is 1. The Hall–Kier alpha value is 0.360. The molecule has 0 aliphatic rings. The maximum Gasteiger partial charge on any atom is 0.0365 e. The van der Waals surface area contributed by atoms with Gasteiger partial charge in [0.2, 0.25) is 0 Å². The summed E-state index contributed by atoms with van der Waals surface area (Å²) >= 11 is 11.5. The van der Waals surface area contributed by atoms with E-state index in [2.05, 4.69) is 52.3 Å². The van der Waals surface area contributed by atoms with Crippen LogP contribution >= 0.6 is 51.7 Å². The lowest BCUT2D eigenvalue weighted by Crippen LogP contribution is -1.80.